The number of nitrogens with two attached hydrogens (primary N) is 1. The number of allylic oxidation sites excluding steroid dienone is 1. The molecule has 1 unspecified atom stereocenters. The number of amides is 1. The van der Waals surface area contributed by atoms with Gasteiger partial charge < -0.3 is 5.73 Å². The van der Waals surface area contributed by atoms with Crippen LogP contribution in [0.4, 0.5) is 0 Å². The van der Waals surface area contributed by atoms with Gasteiger partial charge >= 0.3 is 5.91 Å². The molecule has 0 bridgehead atoms. The fourth-order valence-corrected chi connectivity index (χ4v) is 1.55. The lowest BCUT2D eigenvalue weighted by molar-refractivity contribution is -0.679. The van der Waals surface area contributed by atoms with Crippen LogP contribution in [-0.4, -0.2) is 35.7 Å². The third-order valence-corrected chi connectivity index (χ3v) is 3.30. The molecule has 0 radical (unpaired) electrons. The number of benzene rings is 1. The molecule has 0 aliphatic carbocycles. The maximum absolute atomic E-state index is 12.2. The van der Waals surface area contributed by atoms with E-state index in [1.807, 2.05) is 44.3 Å². The quantitative estimate of drug-likeness (QED) is 0.671. The number of rotatable bonds is 2. The third kappa shape index (κ3) is 3.83. The van der Waals surface area contributed by atoms with Crippen molar-refractivity contribution in [2.75, 3.05) is 18.9 Å². The molecule has 0 fully saturated rings. The molecule has 4 nitrogen and oxygen atoms in total. The van der Waals surface area contributed by atoms with Crippen molar-refractivity contribution in [3.8, 4) is 0 Å². The number of hydrogen-bond donors (Lipinski definition) is 1. The monoisotopic (exact) mass is 324 g/mol. The van der Waals surface area contributed by atoms with E-state index in [0.717, 1.165) is 17.6 Å². The van der Waals surface area contributed by atoms with Gasteiger partial charge in [0.2, 0.25) is 6.34 Å². The van der Waals surface area contributed by atoms with E-state index in [0.29, 0.717) is 5.56 Å². The minimum absolute atomic E-state index is 0.0469. The van der Waals surface area contributed by atoms with E-state index < -0.39 is 0 Å². The van der Waals surface area contributed by atoms with Crippen molar-refractivity contribution < 1.29 is 9.28 Å². The molecule has 2 N–H and O–H groups in total. The average Bonchev–Trinajstić information content (AvgIpc) is 2.80. The highest BCUT2D eigenvalue weighted by atomic mass is 79.9. The molecule has 5 heteroatoms. The maximum atomic E-state index is 12.2. The van der Waals surface area contributed by atoms with Crippen molar-refractivity contribution in [2.45, 2.75) is 6.92 Å². The SMILES string of the molecule is CC1=CN=C[N+]1(C)C(=O)c1ccccc1.NCCBr. The fraction of sp³-hybridized carbons (Fsp3) is 0.286. The third-order valence-electron chi connectivity index (χ3n) is 2.84. The number of nitrogens with zero attached hydrogens (tertiary/aromatic N) is 2. The summed E-state index contributed by atoms with van der Waals surface area (Å²) < 4.78 is 0.143. The predicted octanol–water partition coefficient (Wildman–Crippen LogP) is 2.52. The maximum Gasteiger partial charge on any atom is 0.356 e. The van der Waals surface area contributed by atoms with Crippen LogP contribution in [0.1, 0.15) is 17.3 Å². The lowest BCUT2D eigenvalue weighted by Crippen LogP contribution is -2.44. The molecule has 1 aliphatic rings. The van der Waals surface area contributed by atoms with E-state index in [1.165, 1.54) is 0 Å². The number of halogens is 1. The summed E-state index contributed by atoms with van der Waals surface area (Å²) in [6, 6.07) is 9.28. The number of carbonyl (C=O) groups is 1. The van der Waals surface area contributed by atoms with Crippen LogP contribution in [0.2, 0.25) is 0 Å². The second-order valence-corrected chi connectivity index (χ2v) is 5.05. The van der Waals surface area contributed by atoms with E-state index in [9.17, 15) is 4.79 Å². The molecule has 1 aromatic carbocycles. The first kappa shape index (κ1) is 15.8. The Kier molecular flexibility index (Phi) is 6.08. The van der Waals surface area contributed by atoms with Crippen molar-refractivity contribution in [3.05, 3.63) is 47.8 Å². The lowest BCUT2D eigenvalue weighted by atomic mass is 10.2. The van der Waals surface area contributed by atoms with E-state index in [-0.39, 0.29) is 10.4 Å². The Morgan fingerprint density at radius 2 is 1.95 bits per heavy atom. The number of quaternary nitrogens is 1. The number of carbonyl (C=O) groups excluding carboxylic acids is 1. The van der Waals surface area contributed by atoms with Crippen molar-refractivity contribution in [1.29, 1.82) is 0 Å². The summed E-state index contributed by atoms with van der Waals surface area (Å²) in [5.41, 5.74) is 6.62. The summed E-state index contributed by atoms with van der Waals surface area (Å²) in [6.07, 6.45) is 3.38. The Labute approximate surface area is 122 Å². The van der Waals surface area contributed by atoms with Crippen LogP contribution in [0.5, 0.6) is 0 Å². The number of alkyl halides is 1. The van der Waals surface area contributed by atoms with Crippen molar-refractivity contribution in [2.24, 2.45) is 10.7 Å². The average molecular weight is 325 g/mol. The van der Waals surface area contributed by atoms with E-state index in [4.69, 9.17) is 5.73 Å². The second kappa shape index (κ2) is 7.33. The van der Waals surface area contributed by atoms with E-state index >= 15 is 0 Å². The van der Waals surface area contributed by atoms with Gasteiger partial charge in [-0.15, -0.1) is 0 Å². The lowest BCUT2D eigenvalue weighted by Gasteiger charge is -2.22. The highest BCUT2D eigenvalue weighted by Gasteiger charge is 2.36. The largest absolute Gasteiger partial charge is 0.356 e. The first-order valence-corrected chi connectivity index (χ1v) is 7.12. The van der Waals surface area contributed by atoms with Gasteiger partial charge in [-0.1, -0.05) is 34.1 Å². The molecule has 1 aromatic rings. The molecular weight excluding hydrogens is 306 g/mol. The van der Waals surface area contributed by atoms with Crippen LogP contribution in [0.3, 0.4) is 0 Å². The van der Waals surface area contributed by atoms with Crippen molar-refractivity contribution >= 4 is 28.2 Å². The Morgan fingerprint density at radius 1 is 1.37 bits per heavy atom. The van der Waals surface area contributed by atoms with Crippen LogP contribution >= 0.6 is 15.9 Å². The van der Waals surface area contributed by atoms with Crippen LogP contribution in [0.25, 0.3) is 0 Å². The molecule has 1 amide bonds. The zero-order valence-electron chi connectivity index (χ0n) is 11.2. The topological polar surface area (TPSA) is 55.5 Å². The smallest absolute Gasteiger partial charge is 0.330 e. The molecule has 0 saturated heterocycles. The highest BCUT2D eigenvalue weighted by molar-refractivity contribution is 9.09. The van der Waals surface area contributed by atoms with Gasteiger partial charge in [-0.05, 0) is 12.1 Å². The summed E-state index contributed by atoms with van der Waals surface area (Å²) in [5, 5.41) is 0.910. The molecule has 0 saturated carbocycles. The summed E-state index contributed by atoms with van der Waals surface area (Å²) in [7, 11) is 1.84. The van der Waals surface area contributed by atoms with Crippen molar-refractivity contribution in [3.63, 3.8) is 0 Å². The molecule has 102 valence electrons. The Hall–Kier alpha value is -1.30. The van der Waals surface area contributed by atoms with Gasteiger partial charge in [-0.2, -0.15) is 4.48 Å². The Morgan fingerprint density at radius 3 is 2.37 bits per heavy atom. The fourth-order valence-electron chi connectivity index (χ4n) is 1.55. The molecule has 2 rings (SSSR count). The molecular formula is C14H19BrN3O+. The summed E-state index contributed by atoms with van der Waals surface area (Å²) in [6.45, 7) is 2.65. The van der Waals surface area contributed by atoms with Gasteiger partial charge in [0.25, 0.3) is 0 Å². The van der Waals surface area contributed by atoms with Gasteiger partial charge in [0.1, 0.15) is 5.70 Å². The Balaban J connectivity index is 0.000000399. The first-order valence-electron chi connectivity index (χ1n) is 6.00. The van der Waals surface area contributed by atoms with Gasteiger partial charge in [-0.25, -0.2) is 9.79 Å². The summed E-state index contributed by atoms with van der Waals surface area (Å²) >= 11 is 3.12. The minimum Gasteiger partial charge on any atom is -0.330 e. The summed E-state index contributed by atoms with van der Waals surface area (Å²) in [4.78, 5) is 16.2. The standard InChI is InChI=1S/C12H13N2O.C2H6BrN/c1-10-8-13-9-14(10,2)12(15)11-6-4-3-5-7-11;3-1-2-4/h3-9H,1-2H3;1-2,4H2/q+1;. The first-order chi connectivity index (χ1) is 9.06. The van der Waals surface area contributed by atoms with Gasteiger partial charge in [-0.3, -0.25) is 0 Å². The van der Waals surface area contributed by atoms with Crippen LogP contribution < -0.4 is 5.73 Å². The molecule has 1 atom stereocenters. The highest BCUT2D eigenvalue weighted by Crippen LogP contribution is 2.21. The van der Waals surface area contributed by atoms with Gasteiger partial charge in [0, 0.05) is 18.8 Å². The molecule has 19 heavy (non-hydrogen) atoms. The number of aliphatic imine (C=N–C) groups is 1. The van der Waals surface area contributed by atoms with Crippen LogP contribution in [0, 0.1) is 0 Å². The van der Waals surface area contributed by atoms with Crippen LogP contribution in [0.15, 0.2) is 47.2 Å². The van der Waals surface area contributed by atoms with Crippen LogP contribution in [-0.2, 0) is 0 Å². The van der Waals surface area contributed by atoms with E-state index in [2.05, 4.69) is 20.9 Å². The second-order valence-electron chi connectivity index (χ2n) is 4.26. The Bertz CT molecular complexity index is 483. The minimum atomic E-state index is 0.0469. The normalized spacial score (nSPS) is 20.5. The summed E-state index contributed by atoms with van der Waals surface area (Å²) in [5.74, 6) is 0.0469. The van der Waals surface area contributed by atoms with E-state index in [1.54, 1.807) is 12.5 Å². The van der Waals surface area contributed by atoms with Gasteiger partial charge in [0.05, 0.1) is 18.8 Å². The van der Waals surface area contributed by atoms with Gasteiger partial charge in [0.15, 0.2) is 0 Å². The zero-order chi connectivity index (χ0) is 14.3. The molecule has 0 spiro atoms. The molecule has 0 aromatic heterocycles. The molecule has 1 heterocycles. The van der Waals surface area contributed by atoms with Crippen molar-refractivity contribution in [1.82, 2.24) is 0 Å². The zero-order valence-corrected chi connectivity index (χ0v) is 12.8. The number of hydrogen-bond acceptors (Lipinski definition) is 3. The predicted molar refractivity (Wildman–Crippen MR) is 82.1 cm³/mol. The molecule has 1 aliphatic heterocycles.